The molecule has 2 aromatic rings. The number of nitrogens with one attached hydrogen (secondary N) is 1. The van der Waals surface area contributed by atoms with Gasteiger partial charge in [0.2, 0.25) is 5.91 Å². The van der Waals surface area contributed by atoms with Crippen molar-refractivity contribution >= 4 is 27.5 Å². The van der Waals surface area contributed by atoms with Crippen molar-refractivity contribution in [2.24, 2.45) is 5.92 Å². The molecule has 2 aromatic carbocycles. The van der Waals surface area contributed by atoms with Crippen molar-refractivity contribution in [2.45, 2.75) is 18.9 Å². The lowest BCUT2D eigenvalue weighted by Gasteiger charge is -2.23. The largest absolute Gasteiger partial charge is 0.486 e. The first-order valence-electron chi connectivity index (χ1n) is 8.30. The van der Waals surface area contributed by atoms with E-state index in [4.69, 9.17) is 9.47 Å². The smallest absolute Gasteiger partial charge is 0.227 e. The van der Waals surface area contributed by atoms with Gasteiger partial charge >= 0.3 is 0 Å². The minimum absolute atomic E-state index is 0.0130. The van der Waals surface area contributed by atoms with Crippen molar-refractivity contribution in [3.8, 4) is 11.5 Å². The van der Waals surface area contributed by atoms with Crippen LogP contribution in [0.15, 0.2) is 40.9 Å². The summed E-state index contributed by atoms with van der Waals surface area (Å²) in [7, 11) is 0. The summed E-state index contributed by atoms with van der Waals surface area (Å²) in [6.07, 6.45) is 0.959. The van der Waals surface area contributed by atoms with E-state index in [0.29, 0.717) is 36.0 Å². The van der Waals surface area contributed by atoms with Gasteiger partial charge in [-0.15, -0.1) is 0 Å². The third-order valence-corrected chi connectivity index (χ3v) is 4.93. The van der Waals surface area contributed by atoms with Gasteiger partial charge in [-0.1, -0.05) is 28.1 Å². The Morgan fingerprint density at radius 2 is 1.76 bits per heavy atom. The first kappa shape index (κ1) is 16.4. The molecule has 1 heterocycles. The number of halogens is 1. The second kappa shape index (κ2) is 6.69. The summed E-state index contributed by atoms with van der Waals surface area (Å²) in [5.74, 6) is 1.23. The molecule has 0 bridgehead atoms. The SMILES string of the molecule is O=C(Nc1cc2c(cc1C(O)c1ccc(Br)cc1)OCCO2)C1CC1. The number of ether oxygens (including phenoxy) is 2. The lowest BCUT2D eigenvalue weighted by atomic mass is 9.99. The van der Waals surface area contributed by atoms with E-state index in [2.05, 4.69) is 21.2 Å². The second-order valence-corrected chi connectivity index (χ2v) is 7.22. The van der Waals surface area contributed by atoms with Crippen molar-refractivity contribution in [2.75, 3.05) is 18.5 Å². The number of rotatable bonds is 4. The Morgan fingerprint density at radius 3 is 2.40 bits per heavy atom. The molecule has 2 aliphatic rings. The van der Waals surface area contributed by atoms with Crippen molar-refractivity contribution in [1.29, 1.82) is 0 Å². The van der Waals surface area contributed by atoms with Crippen LogP contribution in [0.2, 0.25) is 0 Å². The van der Waals surface area contributed by atoms with Crippen LogP contribution in [0.5, 0.6) is 11.5 Å². The maximum atomic E-state index is 12.2. The monoisotopic (exact) mass is 403 g/mol. The first-order chi connectivity index (χ1) is 12.1. The van der Waals surface area contributed by atoms with Crippen LogP contribution < -0.4 is 14.8 Å². The van der Waals surface area contributed by atoms with E-state index in [-0.39, 0.29) is 11.8 Å². The van der Waals surface area contributed by atoms with Crippen LogP contribution in [0.3, 0.4) is 0 Å². The highest BCUT2D eigenvalue weighted by atomic mass is 79.9. The minimum atomic E-state index is -0.876. The van der Waals surface area contributed by atoms with Crippen molar-refractivity contribution in [3.63, 3.8) is 0 Å². The lowest BCUT2D eigenvalue weighted by molar-refractivity contribution is -0.117. The van der Waals surface area contributed by atoms with Crippen molar-refractivity contribution in [1.82, 2.24) is 0 Å². The van der Waals surface area contributed by atoms with Crippen molar-refractivity contribution in [3.05, 3.63) is 52.0 Å². The summed E-state index contributed by atoms with van der Waals surface area (Å²) in [4.78, 5) is 12.2. The summed E-state index contributed by atoms with van der Waals surface area (Å²) in [6.45, 7) is 0.937. The third-order valence-electron chi connectivity index (χ3n) is 4.40. The molecule has 0 spiro atoms. The fourth-order valence-electron chi connectivity index (χ4n) is 2.84. The van der Waals surface area contributed by atoms with Gasteiger partial charge in [0.15, 0.2) is 11.5 Å². The van der Waals surface area contributed by atoms with E-state index in [1.54, 1.807) is 12.1 Å². The molecule has 1 fully saturated rings. The molecule has 2 N–H and O–H groups in total. The molecule has 130 valence electrons. The Bertz CT molecular complexity index is 802. The number of carbonyl (C=O) groups is 1. The van der Waals surface area contributed by atoms with Gasteiger partial charge in [0.25, 0.3) is 0 Å². The van der Waals surface area contributed by atoms with Gasteiger partial charge in [-0.25, -0.2) is 0 Å². The van der Waals surface area contributed by atoms with E-state index < -0.39 is 6.10 Å². The maximum absolute atomic E-state index is 12.2. The zero-order valence-corrected chi connectivity index (χ0v) is 15.1. The zero-order chi connectivity index (χ0) is 17.4. The van der Waals surface area contributed by atoms with Crippen LogP contribution in [0.1, 0.15) is 30.1 Å². The summed E-state index contributed by atoms with van der Waals surface area (Å²) < 4.78 is 12.2. The normalized spacial score (nSPS) is 17.0. The molecule has 25 heavy (non-hydrogen) atoms. The van der Waals surface area contributed by atoms with Gasteiger partial charge < -0.3 is 19.9 Å². The third kappa shape index (κ3) is 3.50. The molecule has 0 aromatic heterocycles. The summed E-state index contributed by atoms with van der Waals surface area (Å²) in [5, 5.41) is 13.8. The molecule has 1 aliphatic heterocycles. The molecule has 4 rings (SSSR count). The number of aliphatic hydroxyl groups is 1. The van der Waals surface area contributed by atoms with Crippen molar-refractivity contribution < 1.29 is 19.4 Å². The highest BCUT2D eigenvalue weighted by Crippen LogP contribution is 2.40. The molecular weight excluding hydrogens is 386 g/mol. The first-order valence-corrected chi connectivity index (χ1v) is 9.09. The van der Waals surface area contributed by atoms with Crippen LogP contribution in [0, 0.1) is 5.92 Å². The number of anilines is 1. The Morgan fingerprint density at radius 1 is 1.12 bits per heavy atom. The predicted octanol–water partition coefficient (Wildman–Crippen LogP) is 3.65. The number of aliphatic hydroxyl groups excluding tert-OH is 1. The molecule has 1 unspecified atom stereocenters. The van der Waals surface area contributed by atoms with E-state index in [1.165, 1.54) is 0 Å². The van der Waals surface area contributed by atoms with Crippen LogP contribution in [-0.2, 0) is 4.79 Å². The number of hydrogen-bond acceptors (Lipinski definition) is 4. The van der Waals surface area contributed by atoms with Gasteiger partial charge in [-0.2, -0.15) is 0 Å². The average Bonchev–Trinajstić information content (AvgIpc) is 3.46. The minimum Gasteiger partial charge on any atom is -0.486 e. The maximum Gasteiger partial charge on any atom is 0.227 e. The fourth-order valence-corrected chi connectivity index (χ4v) is 3.11. The topological polar surface area (TPSA) is 67.8 Å². The number of amides is 1. The van der Waals surface area contributed by atoms with Gasteiger partial charge in [-0.05, 0) is 36.6 Å². The Hall–Kier alpha value is -2.05. The molecule has 6 heteroatoms. The summed E-state index contributed by atoms with van der Waals surface area (Å²) in [5.41, 5.74) is 1.90. The molecule has 1 saturated carbocycles. The van der Waals surface area contributed by atoms with Gasteiger partial charge in [0, 0.05) is 22.0 Å². The molecule has 1 aliphatic carbocycles. The number of hydrogen-bond donors (Lipinski definition) is 2. The molecule has 1 amide bonds. The van der Waals surface area contributed by atoms with Gasteiger partial charge in [-0.3, -0.25) is 4.79 Å². The van der Waals surface area contributed by atoms with E-state index in [9.17, 15) is 9.90 Å². The Labute approximate surface area is 154 Å². The summed E-state index contributed by atoms with van der Waals surface area (Å²) >= 11 is 3.40. The lowest BCUT2D eigenvalue weighted by Crippen LogP contribution is -2.19. The predicted molar refractivity (Wildman–Crippen MR) is 97.0 cm³/mol. The highest BCUT2D eigenvalue weighted by Gasteiger charge is 2.31. The van der Waals surface area contributed by atoms with E-state index in [1.807, 2.05) is 24.3 Å². The molecular formula is C19H18BrNO4. The van der Waals surface area contributed by atoms with Crippen LogP contribution in [-0.4, -0.2) is 24.2 Å². The second-order valence-electron chi connectivity index (χ2n) is 6.30. The quantitative estimate of drug-likeness (QED) is 0.817. The molecule has 1 atom stereocenters. The Kier molecular flexibility index (Phi) is 4.39. The van der Waals surface area contributed by atoms with Gasteiger partial charge in [0.1, 0.15) is 19.3 Å². The number of benzene rings is 2. The number of fused-ring (bicyclic) bond motifs is 1. The van der Waals surface area contributed by atoms with Crippen LogP contribution in [0.4, 0.5) is 5.69 Å². The average molecular weight is 404 g/mol. The Balaban J connectivity index is 1.72. The zero-order valence-electron chi connectivity index (χ0n) is 13.5. The summed E-state index contributed by atoms with van der Waals surface area (Å²) in [6, 6.07) is 10.9. The molecule has 5 nitrogen and oxygen atoms in total. The number of carbonyl (C=O) groups excluding carboxylic acids is 1. The standard InChI is InChI=1S/C19H18BrNO4/c20-13-5-3-11(4-6-13)18(22)14-9-16-17(25-8-7-24-16)10-15(14)21-19(23)12-1-2-12/h3-6,9-10,12,18,22H,1-2,7-8H2,(H,21,23). The van der Waals surface area contributed by atoms with E-state index in [0.717, 1.165) is 22.9 Å². The highest BCUT2D eigenvalue weighted by molar-refractivity contribution is 9.10. The van der Waals surface area contributed by atoms with Gasteiger partial charge in [0.05, 0.1) is 5.69 Å². The van der Waals surface area contributed by atoms with Crippen LogP contribution >= 0.6 is 15.9 Å². The van der Waals surface area contributed by atoms with Crippen LogP contribution in [0.25, 0.3) is 0 Å². The molecule has 0 saturated heterocycles. The van der Waals surface area contributed by atoms with E-state index >= 15 is 0 Å². The fraction of sp³-hybridized carbons (Fsp3) is 0.316. The molecule has 0 radical (unpaired) electrons.